The van der Waals surface area contributed by atoms with Crippen molar-refractivity contribution in [2.75, 3.05) is 11.9 Å². The van der Waals surface area contributed by atoms with Crippen LogP contribution in [0.5, 0.6) is 0 Å². The van der Waals surface area contributed by atoms with Gasteiger partial charge in [0.05, 0.1) is 11.3 Å². The topological polar surface area (TPSA) is 130 Å². The fourth-order valence-corrected chi connectivity index (χ4v) is 6.14. The van der Waals surface area contributed by atoms with Gasteiger partial charge in [-0.05, 0) is 49.7 Å². The van der Waals surface area contributed by atoms with E-state index in [0.29, 0.717) is 11.3 Å². The number of hydrogen-bond acceptors (Lipinski definition) is 6. The van der Waals surface area contributed by atoms with Crippen molar-refractivity contribution in [3.63, 3.8) is 0 Å². The second-order valence-electron chi connectivity index (χ2n) is 7.46. The maximum Gasteiger partial charge on any atom is 0.269 e. The third kappa shape index (κ3) is 4.74. The van der Waals surface area contributed by atoms with Crippen LogP contribution in [0.1, 0.15) is 40.1 Å². The van der Waals surface area contributed by atoms with Gasteiger partial charge in [-0.25, -0.2) is 25.9 Å². The fourth-order valence-electron chi connectivity index (χ4n) is 3.24. The number of carbonyl (C=O) groups is 2. The van der Waals surface area contributed by atoms with E-state index in [-0.39, 0.29) is 28.3 Å². The molecule has 0 unspecified atom stereocenters. The molecule has 0 saturated heterocycles. The zero-order valence-electron chi connectivity index (χ0n) is 17.5. The lowest BCUT2D eigenvalue weighted by atomic mass is 10.1. The van der Waals surface area contributed by atoms with E-state index in [4.69, 9.17) is 0 Å². The normalized spacial score (nSPS) is 15.0. The largest absolute Gasteiger partial charge is 0.322 e. The van der Waals surface area contributed by atoms with E-state index < -0.39 is 37.9 Å². The van der Waals surface area contributed by atoms with Gasteiger partial charge in [0.1, 0.15) is 4.90 Å². The number of hydrogen-bond donors (Lipinski definition) is 2. The van der Waals surface area contributed by atoms with E-state index in [9.17, 15) is 26.4 Å². The van der Waals surface area contributed by atoms with Crippen molar-refractivity contribution in [3.05, 3.63) is 71.8 Å². The standard InChI is InChI=1S/C21H23N3O6S2/c1-4-11-22-31(27,28)13-15-5-8-17(9-6-15)23-20(25)16-7-10-18-19(12-16)32(29,30)24(14(2)3)21(18)26/h4-10,12,14,22H,1,11,13H2,2-3H3,(H,23,25). The van der Waals surface area contributed by atoms with E-state index in [0.717, 1.165) is 4.31 Å². The Morgan fingerprint density at radius 1 is 1.16 bits per heavy atom. The molecule has 11 heteroatoms. The predicted molar refractivity (Wildman–Crippen MR) is 120 cm³/mol. The second kappa shape index (κ2) is 8.85. The average Bonchev–Trinajstić information content (AvgIpc) is 2.92. The Kier molecular flexibility index (Phi) is 6.54. The Balaban J connectivity index is 1.76. The first-order valence-electron chi connectivity index (χ1n) is 9.67. The number of sulfonamides is 2. The van der Waals surface area contributed by atoms with Crippen LogP contribution in [0.3, 0.4) is 0 Å². The van der Waals surface area contributed by atoms with Crippen molar-refractivity contribution in [3.8, 4) is 0 Å². The molecule has 0 saturated carbocycles. The molecule has 0 radical (unpaired) electrons. The summed E-state index contributed by atoms with van der Waals surface area (Å²) in [5, 5.41) is 2.64. The molecule has 0 fully saturated rings. The zero-order chi connectivity index (χ0) is 23.7. The highest BCUT2D eigenvalue weighted by Gasteiger charge is 2.42. The van der Waals surface area contributed by atoms with Crippen LogP contribution >= 0.6 is 0 Å². The van der Waals surface area contributed by atoms with Crippen molar-refractivity contribution in [2.45, 2.75) is 30.5 Å². The molecule has 0 atom stereocenters. The lowest BCUT2D eigenvalue weighted by Crippen LogP contribution is -2.36. The minimum absolute atomic E-state index is 0.0332. The molecule has 0 bridgehead atoms. The van der Waals surface area contributed by atoms with E-state index >= 15 is 0 Å². The molecule has 1 heterocycles. The Morgan fingerprint density at radius 2 is 1.81 bits per heavy atom. The van der Waals surface area contributed by atoms with Crippen molar-refractivity contribution in [2.24, 2.45) is 0 Å². The summed E-state index contributed by atoms with van der Waals surface area (Å²) >= 11 is 0. The molecule has 2 N–H and O–H groups in total. The van der Waals surface area contributed by atoms with E-state index in [1.54, 1.807) is 38.1 Å². The van der Waals surface area contributed by atoms with Gasteiger partial charge in [0.2, 0.25) is 10.0 Å². The number of nitrogens with zero attached hydrogens (tertiary/aromatic N) is 1. The summed E-state index contributed by atoms with van der Waals surface area (Å²) in [6, 6.07) is 9.58. The van der Waals surface area contributed by atoms with E-state index in [2.05, 4.69) is 16.6 Å². The maximum atomic E-state index is 12.7. The molecule has 0 spiro atoms. The van der Waals surface area contributed by atoms with Crippen molar-refractivity contribution < 1.29 is 26.4 Å². The summed E-state index contributed by atoms with van der Waals surface area (Å²) in [6.45, 7) is 6.78. The quantitative estimate of drug-likeness (QED) is 0.560. The monoisotopic (exact) mass is 477 g/mol. The predicted octanol–water partition coefficient (Wildman–Crippen LogP) is 2.10. The Bertz CT molecular complexity index is 1280. The average molecular weight is 478 g/mol. The van der Waals surface area contributed by atoms with Gasteiger partial charge >= 0.3 is 0 Å². The van der Waals surface area contributed by atoms with Crippen LogP contribution < -0.4 is 10.0 Å². The highest BCUT2D eigenvalue weighted by atomic mass is 32.2. The van der Waals surface area contributed by atoms with Crippen molar-refractivity contribution in [1.82, 2.24) is 9.03 Å². The lowest BCUT2D eigenvalue weighted by molar-refractivity contribution is 0.0846. The van der Waals surface area contributed by atoms with Crippen LogP contribution in [-0.2, 0) is 25.8 Å². The first-order chi connectivity index (χ1) is 15.0. The molecule has 1 aliphatic rings. The first kappa shape index (κ1) is 23.6. The first-order valence-corrected chi connectivity index (χ1v) is 12.8. The van der Waals surface area contributed by atoms with Crippen LogP contribution in [0, 0.1) is 0 Å². The number of rotatable bonds is 8. The minimum Gasteiger partial charge on any atom is -0.322 e. The van der Waals surface area contributed by atoms with Crippen molar-refractivity contribution in [1.29, 1.82) is 0 Å². The van der Waals surface area contributed by atoms with Crippen LogP contribution in [0.4, 0.5) is 5.69 Å². The molecule has 2 aromatic rings. The third-order valence-corrected chi connectivity index (χ3v) is 8.02. The number of nitrogens with one attached hydrogen (secondary N) is 2. The minimum atomic E-state index is -4.02. The Morgan fingerprint density at radius 3 is 2.41 bits per heavy atom. The van der Waals surface area contributed by atoms with Gasteiger partial charge in [-0.3, -0.25) is 9.59 Å². The van der Waals surface area contributed by atoms with Gasteiger partial charge in [0.15, 0.2) is 0 Å². The fraction of sp³-hybridized carbons (Fsp3) is 0.238. The summed E-state index contributed by atoms with van der Waals surface area (Å²) in [5.74, 6) is -1.40. The van der Waals surface area contributed by atoms with E-state index in [1.807, 2.05) is 0 Å². The van der Waals surface area contributed by atoms with Gasteiger partial charge < -0.3 is 5.32 Å². The van der Waals surface area contributed by atoms with Gasteiger partial charge in [-0.15, -0.1) is 6.58 Å². The summed E-state index contributed by atoms with van der Waals surface area (Å²) in [7, 11) is -7.52. The van der Waals surface area contributed by atoms with Crippen molar-refractivity contribution >= 4 is 37.5 Å². The van der Waals surface area contributed by atoms with Gasteiger partial charge in [0, 0.05) is 23.8 Å². The summed E-state index contributed by atoms with van der Waals surface area (Å²) in [4.78, 5) is 24.8. The molecular formula is C21H23N3O6S2. The van der Waals surface area contributed by atoms with Crippen LogP contribution in [-0.4, -0.2) is 45.5 Å². The second-order valence-corrected chi connectivity index (χ2v) is 11.0. The number of anilines is 1. The van der Waals surface area contributed by atoms with E-state index in [1.165, 1.54) is 24.3 Å². The highest BCUT2D eigenvalue weighted by molar-refractivity contribution is 7.90. The SMILES string of the molecule is C=CCNS(=O)(=O)Cc1ccc(NC(=O)c2ccc3c(c2)S(=O)(=O)N(C(C)C)C3=O)cc1. The molecular weight excluding hydrogens is 454 g/mol. The zero-order valence-corrected chi connectivity index (χ0v) is 19.2. The van der Waals surface area contributed by atoms with Crippen LogP contribution in [0.15, 0.2) is 60.0 Å². The van der Waals surface area contributed by atoms with Crippen LogP contribution in [0.25, 0.3) is 0 Å². The smallest absolute Gasteiger partial charge is 0.269 e. The summed E-state index contributed by atoms with van der Waals surface area (Å²) < 4.78 is 52.4. The number of amides is 2. The number of benzene rings is 2. The van der Waals surface area contributed by atoms with Gasteiger partial charge in [-0.2, -0.15) is 0 Å². The highest BCUT2D eigenvalue weighted by Crippen LogP contribution is 2.32. The molecule has 3 rings (SSSR count). The van der Waals surface area contributed by atoms with Crippen LogP contribution in [0.2, 0.25) is 0 Å². The maximum absolute atomic E-state index is 12.7. The molecule has 1 aliphatic heterocycles. The Labute approximate surface area is 187 Å². The van der Waals surface area contributed by atoms with Gasteiger partial charge in [0.25, 0.3) is 21.8 Å². The van der Waals surface area contributed by atoms with Gasteiger partial charge in [-0.1, -0.05) is 18.2 Å². The lowest BCUT2D eigenvalue weighted by Gasteiger charge is -2.18. The molecule has 0 aliphatic carbocycles. The summed E-state index contributed by atoms with van der Waals surface area (Å²) in [6.07, 6.45) is 1.44. The molecule has 2 aromatic carbocycles. The molecule has 170 valence electrons. The number of carbonyl (C=O) groups excluding carboxylic acids is 2. The molecule has 0 aromatic heterocycles. The molecule has 9 nitrogen and oxygen atoms in total. The molecule has 32 heavy (non-hydrogen) atoms. The Hall–Kier alpha value is -3.02. The molecule has 2 amide bonds. The number of fused-ring (bicyclic) bond motifs is 1. The summed E-state index contributed by atoms with van der Waals surface area (Å²) in [5.41, 5.74) is 1.03. The third-order valence-electron chi connectivity index (χ3n) is 4.70.